The number of nitrogens with one attached hydrogen (secondary N) is 2. The predicted octanol–water partition coefficient (Wildman–Crippen LogP) is 2.39. The number of benzene rings is 1. The van der Waals surface area contributed by atoms with E-state index in [9.17, 15) is 18.0 Å². The Morgan fingerprint density at radius 3 is 2.56 bits per heavy atom. The van der Waals surface area contributed by atoms with Crippen molar-refractivity contribution in [2.24, 2.45) is 0 Å². The smallest absolute Gasteiger partial charge is 0.325 e. The van der Waals surface area contributed by atoms with Crippen molar-refractivity contribution in [2.75, 3.05) is 18.4 Å². The molecule has 0 bridgehead atoms. The highest BCUT2D eigenvalue weighted by atomic mass is 19.4. The van der Waals surface area contributed by atoms with E-state index >= 15 is 0 Å². The summed E-state index contributed by atoms with van der Waals surface area (Å²) in [5, 5.41) is 4.61. The zero-order valence-corrected chi connectivity index (χ0v) is 10.2. The third kappa shape index (κ3) is 5.18. The molecule has 0 spiro atoms. The van der Waals surface area contributed by atoms with Gasteiger partial charge >= 0.3 is 6.18 Å². The van der Waals surface area contributed by atoms with E-state index in [-0.39, 0.29) is 6.54 Å². The molecular formula is C12H15F3N2O. The number of amides is 1. The van der Waals surface area contributed by atoms with Gasteiger partial charge < -0.3 is 10.6 Å². The van der Waals surface area contributed by atoms with Crippen LogP contribution in [0.4, 0.5) is 18.9 Å². The lowest BCUT2D eigenvalue weighted by atomic mass is 10.1. The lowest BCUT2D eigenvalue weighted by molar-refractivity contribution is -0.126. The van der Waals surface area contributed by atoms with Gasteiger partial charge in [0, 0.05) is 5.69 Å². The molecule has 0 aliphatic rings. The summed E-state index contributed by atoms with van der Waals surface area (Å²) in [6.07, 6.45) is -4.31. The Bertz CT molecular complexity index is 430. The molecule has 3 nitrogen and oxygen atoms in total. The van der Waals surface area contributed by atoms with Gasteiger partial charge in [0.2, 0.25) is 5.91 Å². The van der Waals surface area contributed by atoms with Crippen molar-refractivity contribution in [3.05, 3.63) is 29.3 Å². The van der Waals surface area contributed by atoms with Gasteiger partial charge in [-0.2, -0.15) is 13.2 Å². The van der Waals surface area contributed by atoms with Crippen LogP contribution in [-0.4, -0.2) is 25.2 Å². The van der Waals surface area contributed by atoms with E-state index in [2.05, 4.69) is 5.32 Å². The molecule has 1 aromatic rings. The molecule has 18 heavy (non-hydrogen) atoms. The van der Waals surface area contributed by atoms with Gasteiger partial charge in [-0.15, -0.1) is 0 Å². The lowest BCUT2D eigenvalue weighted by Gasteiger charge is -2.11. The van der Waals surface area contributed by atoms with E-state index < -0.39 is 18.6 Å². The molecule has 1 amide bonds. The summed E-state index contributed by atoms with van der Waals surface area (Å²) in [5.41, 5.74) is 2.46. The second-order valence-corrected chi connectivity index (χ2v) is 4.09. The number of hydrogen-bond acceptors (Lipinski definition) is 2. The number of aryl methyl sites for hydroxylation is 2. The average Bonchev–Trinajstić information content (AvgIpc) is 2.21. The summed E-state index contributed by atoms with van der Waals surface area (Å²) in [6, 6.07) is 5.51. The fourth-order valence-electron chi connectivity index (χ4n) is 1.38. The molecule has 0 atom stereocenters. The Labute approximate surface area is 103 Å². The summed E-state index contributed by atoms with van der Waals surface area (Å²) in [4.78, 5) is 11.4. The average molecular weight is 260 g/mol. The Balaban J connectivity index is 2.47. The number of halogens is 3. The number of rotatable bonds is 4. The Morgan fingerprint density at radius 2 is 1.94 bits per heavy atom. The van der Waals surface area contributed by atoms with Gasteiger partial charge in [0.1, 0.15) is 0 Å². The van der Waals surface area contributed by atoms with E-state index in [1.165, 1.54) is 0 Å². The second-order valence-electron chi connectivity index (χ2n) is 4.09. The highest BCUT2D eigenvalue weighted by molar-refractivity contribution is 5.93. The van der Waals surface area contributed by atoms with Crippen LogP contribution in [-0.2, 0) is 4.79 Å². The lowest BCUT2D eigenvalue weighted by Crippen LogP contribution is -2.35. The van der Waals surface area contributed by atoms with Gasteiger partial charge in [-0.25, -0.2) is 0 Å². The molecule has 0 radical (unpaired) electrons. The van der Waals surface area contributed by atoms with Crippen LogP contribution in [0.5, 0.6) is 0 Å². The van der Waals surface area contributed by atoms with Crippen molar-refractivity contribution in [1.82, 2.24) is 5.32 Å². The van der Waals surface area contributed by atoms with Crippen molar-refractivity contribution in [1.29, 1.82) is 0 Å². The standard InChI is InChI=1S/C12H15F3N2O/c1-8-3-4-9(2)10(5-8)17-11(18)6-16-7-12(13,14)15/h3-5,16H,6-7H2,1-2H3,(H,17,18). The number of hydrogen-bond donors (Lipinski definition) is 2. The number of carbonyl (C=O) groups is 1. The van der Waals surface area contributed by atoms with Crippen molar-refractivity contribution in [2.45, 2.75) is 20.0 Å². The van der Waals surface area contributed by atoms with E-state index in [1.54, 1.807) is 6.07 Å². The van der Waals surface area contributed by atoms with Crippen LogP contribution in [0.15, 0.2) is 18.2 Å². The molecule has 1 rings (SSSR count). The van der Waals surface area contributed by atoms with Crippen LogP contribution in [0.1, 0.15) is 11.1 Å². The minimum atomic E-state index is -4.31. The monoisotopic (exact) mass is 260 g/mol. The van der Waals surface area contributed by atoms with Crippen molar-refractivity contribution >= 4 is 11.6 Å². The molecule has 1 aromatic carbocycles. The highest BCUT2D eigenvalue weighted by Crippen LogP contribution is 2.16. The normalized spacial score (nSPS) is 11.4. The second kappa shape index (κ2) is 5.86. The minimum absolute atomic E-state index is 0.368. The molecule has 0 unspecified atom stereocenters. The SMILES string of the molecule is Cc1ccc(C)c(NC(=O)CNCC(F)(F)F)c1. The van der Waals surface area contributed by atoms with Gasteiger partial charge in [0.25, 0.3) is 0 Å². The Kier molecular flexibility index (Phi) is 4.72. The fourth-order valence-corrected chi connectivity index (χ4v) is 1.38. The first kappa shape index (κ1) is 14.5. The molecule has 100 valence electrons. The van der Waals surface area contributed by atoms with Crippen LogP contribution in [0.2, 0.25) is 0 Å². The highest BCUT2D eigenvalue weighted by Gasteiger charge is 2.26. The van der Waals surface area contributed by atoms with Gasteiger partial charge in [-0.05, 0) is 31.0 Å². The summed E-state index contributed by atoms with van der Waals surface area (Å²) in [5.74, 6) is -0.493. The van der Waals surface area contributed by atoms with Crippen LogP contribution < -0.4 is 10.6 Å². The van der Waals surface area contributed by atoms with Gasteiger partial charge in [-0.1, -0.05) is 12.1 Å². The molecule has 0 saturated heterocycles. The summed E-state index contributed by atoms with van der Waals surface area (Å²) >= 11 is 0. The number of carbonyl (C=O) groups excluding carboxylic acids is 1. The molecule has 2 N–H and O–H groups in total. The van der Waals surface area contributed by atoms with Crippen molar-refractivity contribution in [3.8, 4) is 0 Å². The third-order valence-corrected chi connectivity index (χ3v) is 2.28. The molecule has 0 aromatic heterocycles. The topological polar surface area (TPSA) is 41.1 Å². The van der Waals surface area contributed by atoms with Crippen LogP contribution in [0.25, 0.3) is 0 Å². The van der Waals surface area contributed by atoms with E-state index in [4.69, 9.17) is 0 Å². The maximum absolute atomic E-state index is 11.9. The third-order valence-electron chi connectivity index (χ3n) is 2.28. The summed E-state index contributed by atoms with van der Waals surface area (Å²) in [7, 11) is 0. The first-order valence-electron chi connectivity index (χ1n) is 5.42. The van der Waals surface area contributed by atoms with Gasteiger partial charge in [0.15, 0.2) is 0 Å². The molecule has 0 fully saturated rings. The van der Waals surface area contributed by atoms with Crippen LogP contribution >= 0.6 is 0 Å². The molecule has 0 heterocycles. The fraction of sp³-hybridized carbons (Fsp3) is 0.417. The first-order valence-corrected chi connectivity index (χ1v) is 5.42. The number of anilines is 1. The molecular weight excluding hydrogens is 245 g/mol. The Morgan fingerprint density at radius 1 is 1.28 bits per heavy atom. The largest absolute Gasteiger partial charge is 0.401 e. The van der Waals surface area contributed by atoms with Gasteiger partial charge in [0.05, 0.1) is 13.1 Å². The van der Waals surface area contributed by atoms with Crippen LogP contribution in [0.3, 0.4) is 0 Å². The van der Waals surface area contributed by atoms with Crippen molar-refractivity contribution in [3.63, 3.8) is 0 Å². The van der Waals surface area contributed by atoms with E-state index in [0.29, 0.717) is 5.69 Å². The van der Waals surface area contributed by atoms with E-state index in [0.717, 1.165) is 11.1 Å². The Hall–Kier alpha value is -1.56. The quantitative estimate of drug-likeness (QED) is 0.872. The van der Waals surface area contributed by atoms with Crippen molar-refractivity contribution < 1.29 is 18.0 Å². The number of alkyl halides is 3. The predicted molar refractivity (Wildman–Crippen MR) is 63.5 cm³/mol. The zero-order chi connectivity index (χ0) is 13.8. The van der Waals surface area contributed by atoms with Crippen LogP contribution in [0, 0.1) is 13.8 Å². The maximum Gasteiger partial charge on any atom is 0.401 e. The minimum Gasteiger partial charge on any atom is -0.325 e. The molecule has 0 saturated carbocycles. The summed E-state index contributed by atoms with van der Waals surface area (Å²) < 4.78 is 35.6. The molecule has 6 heteroatoms. The molecule has 0 aliphatic heterocycles. The molecule has 0 aliphatic carbocycles. The zero-order valence-electron chi connectivity index (χ0n) is 10.2. The van der Waals surface area contributed by atoms with Gasteiger partial charge in [-0.3, -0.25) is 4.79 Å². The van der Waals surface area contributed by atoms with E-state index in [1.807, 2.05) is 31.3 Å². The summed E-state index contributed by atoms with van der Waals surface area (Å²) in [6.45, 7) is 2.15. The first-order chi connectivity index (χ1) is 8.28. The maximum atomic E-state index is 11.9.